The molecule has 122 valence electrons. The van der Waals surface area contributed by atoms with Gasteiger partial charge in [0, 0.05) is 18.6 Å². The Bertz CT molecular complexity index is 676. The van der Waals surface area contributed by atoms with E-state index in [0.717, 1.165) is 16.2 Å². The summed E-state index contributed by atoms with van der Waals surface area (Å²) in [5.74, 6) is -1.22. The quantitative estimate of drug-likeness (QED) is 0.469. The van der Waals surface area contributed by atoms with E-state index in [0.29, 0.717) is 0 Å². The number of hydrogen-bond donors (Lipinski definition) is 1. The largest absolute Gasteiger partial charge is 0.395 e. The predicted octanol–water partition coefficient (Wildman–Crippen LogP) is 0.0781. The van der Waals surface area contributed by atoms with Gasteiger partial charge in [-0.15, -0.1) is 0 Å². The number of aliphatic hydroxyl groups excluding tert-OH is 1. The Labute approximate surface area is 129 Å². The summed E-state index contributed by atoms with van der Waals surface area (Å²) in [6.07, 6.45) is -0.628. The van der Waals surface area contributed by atoms with Crippen molar-refractivity contribution in [1.29, 1.82) is 0 Å². The number of imide groups is 1. The highest BCUT2D eigenvalue weighted by Crippen LogP contribution is 2.30. The number of nitro groups is 1. The summed E-state index contributed by atoms with van der Waals surface area (Å²) in [5, 5.41) is 20.7. The van der Waals surface area contributed by atoms with Gasteiger partial charge in [0.2, 0.25) is 0 Å². The standard InChI is InChI=1S/C13H13N3O7/c17-5-4-14-22-6-3-11(23-14)15-12(18)9-2-1-8(16(20)21)7-10(9)13(15)19/h1-2,7,11,17H,3-6H2. The summed E-state index contributed by atoms with van der Waals surface area (Å²) in [5.41, 5.74) is -0.182. The van der Waals surface area contributed by atoms with E-state index in [1.165, 1.54) is 12.1 Å². The van der Waals surface area contributed by atoms with E-state index >= 15 is 0 Å². The first-order valence-corrected chi connectivity index (χ1v) is 6.87. The number of amides is 2. The number of fused-ring (bicyclic) bond motifs is 1. The summed E-state index contributed by atoms with van der Waals surface area (Å²) in [4.78, 5) is 46.4. The van der Waals surface area contributed by atoms with E-state index < -0.39 is 23.0 Å². The van der Waals surface area contributed by atoms with E-state index in [-0.39, 0.29) is 43.0 Å². The van der Waals surface area contributed by atoms with Gasteiger partial charge in [0.05, 0.1) is 35.8 Å². The highest BCUT2D eigenvalue weighted by atomic mass is 17.0. The summed E-state index contributed by atoms with van der Waals surface area (Å²) < 4.78 is 0. The molecule has 0 bridgehead atoms. The number of hydrogen-bond acceptors (Lipinski definition) is 8. The number of aliphatic hydroxyl groups is 1. The highest BCUT2D eigenvalue weighted by Gasteiger charge is 2.43. The minimum Gasteiger partial charge on any atom is -0.395 e. The van der Waals surface area contributed by atoms with Crippen LogP contribution in [0.25, 0.3) is 0 Å². The first-order valence-electron chi connectivity index (χ1n) is 6.87. The molecule has 0 spiro atoms. The van der Waals surface area contributed by atoms with Gasteiger partial charge in [0.15, 0.2) is 6.23 Å². The van der Waals surface area contributed by atoms with Crippen molar-refractivity contribution < 1.29 is 29.3 Å². The molecule has 10 heteroatoms. The second-order valence-corrected chi connectivity index (χ2v) is 4.93. The van der Waals surface area contributed by atoms with Crippen LogP contribution in [-0.4, -0.2) is 58.0 Å². The van der Waals surface area contributed by atoms with Gasteiger partial charge in [-0.2, -0.15) is 0 Å². The van der Waals surface area contributed by atoms with E-state index in [2.05, 4.69) is 0 Å². The van der Waals surface area contributed by atoms with Crippen LogP contribution in [0.15, 0.2) is 18.2 Å². The van der Waals surface area contributed by atoms with Gasteiger partial charge in [-0.05, 0) is 6.07 Å². The molecular formula is C13H13N3O7. The lowest BCUT2D eigenvalue weighted by molar-refractivity contribution is -0.425. The molecule has 2 amide bonds. The fraction of sp³-hybridized carbons (Fsp3) is 0.385. The molecule has 2 aliphatic rings. The van der Waals surface area contributed by atoms with Gasteiger partial charge in [-0.3, -0.25) is 24.5 Å². The molecule has 1 fully saturated rings. The van der Waals surface area contributed by atoms with Gasteiger partial charge in [0.1, 0.15) is 0 Å². The number of carbonyl (C=O) groups is 2. The van der Waals surface area contributed by atoms with Gasteiger partial charge in [-0.1, -0.05) is 5.23 Å². The smallest absolute Gasteiger partial charge is 0.270 e. The lowest BCUT2D eigenvalue weighted by Crippen LogP contribution is -2.49. The Morgan fingerprint density at radius 3 is 2.74 bits per heavy atom. The number of β-amino-alcohol motifs (C(OH)–C–C–N with tert-alkyl or cyclic N) is 1. The summed E-state index contributed by atoms with van der Waals surface area (Å²) in [6.45, 7) is 0.0460. The molecule has 3 rings (SSSR count). The maximum atomic E-state index is 12.4. The number of benzene rings is 1. The number of carbonyl (C=O) groups excluding carboxylic acids is 2. The van der Waals surface area contributed by atoms with Crippen LogP contribution >= 0.6 is 0 Å². The first-order chi connectivity index (χ1) is 11.0. The molecule has 1 atom stereocenters. The van der Waals surface area contributed by atoms with Crippen LogP contribution in [0.3, 0.4) is 0 Å². The van der Waals surface area contributed by atoms with Crippen LogP contribution in [0.5, 0.6) is 0 Å². The zero-order valence-electron chi connectivity index (χ0n) is 11.9. The molecule has 0 saturated carbocycles. The SMILES string of the molecule is O=C1c2ccc([N+](=O)[O-])cc2C(=O)N1C1CCON(CCO)O1. The lowest BCUT2D eigenvalue weighted by Gasteiger charge is -2.34. The number of non-ortho nitro benzene ring substituents is 1. The van der Waals surface area contributed by atoms with Crippen molar-refractivity contribution in [2.45, 2.75) is 12.6 Å². The van der Waals surface area contributed by atoms with Crippen LogP contribution in [0.1, 0.15) is 27.1 Å². The summed E-state index contributed by atoms with van der Waals surface area (Å²) in [7, 11) is 0. The van der Waals surface area contributed by atoms with Gasteiger partial charge in [-0.25, -0.2) is 9.74 Å². The fourth-order valence-electron chi connectivity index (χ4n) is 2.47. The molecule has 0 aliphatic carbocycles. The number of nitro benzene ring substituents is 1. The van der Waals surface area contributed by atoms with Crippen molar-refractivity contribution in [3.8, 4) is 0 Å². The Balaban J connectivity index is 1.86. The van der Waals surface area contributed by atoms with Crippen molar-refractivity contribution in [2.75, 3.05) is 19.8 Å². The normalized spacial score (nSPS) is 21.6. The van der Waals surface area contributed by atoms with Crippen molar-refractivity contribution in [3.05, 3.63) is 39.4 Å². The molecule has 1 unspecified atom stereocenters. The molecule has 23 heavy (non-hydrogen) atoms. The Morgan fingerprint density at radius 2 is 2.04 bits per heavy atom. The maximum Gasteiger partial charge on any atom is 0.270 e. The molecule has 1 saturated heterocycles. The fourth-order valence-corrected chi connectivity index (χ4v) is 2.47. The second kappa shape index (κ2) is 6.01. The average molecular weight is 323 g/mol. The highest BCUT2D eigenvalue weighted by molar-refractivity contribution is 6.21. The van der Waals surface area contributed by atoms with Crippen LogP contribution in [0.4, 0.5) is 5.69 Å². The predicted molar refractivity (Wildman–Crippen MR) is 72.8 cm³/mol. The average Bonchev–Trinajstić information content (AvgIpc) is 2.79. The minimum absolute atomic E-state index is 0.0204. The topological polar surface area (TPSA) is 122 Å². The first kappa shape index (κ1) is 15.5. The van der Waals surface area contributed by atoms with Crippen LogP contribution in [0.2, 0.25) is 0 Å². The molecule has 1 aromatic carbocycles. The third-order valence-corrected chi connectivity index (χ3v) is 3.52. The Kier molecular flexibility index (Phi) is 4.05. The number of rotatable bonds is 4. The summed E-state index contributed by atoms with van der Waals surface area (Å²) in [6, 6.07) is 3.52. The molecule has 10 nitrogen and oxygen atoms in total. The summed E-state index contributed by atoms with van der Waals surface area (Å²) >= 11 is 0. The van der Waals surface area contributed by atoms with Crippen molar-refractivity contribution in [1.82, 2.24) is 10.1 Å². The molecule has 1 N–H and O–H groups in total. The third-order valence-electron chi connectivity index (χ3n) is 3.52. The van der Waals surface area contributed by atoms with Crippen molar-refractivity contribution in [2.24, 2.45) is 0 Å². The monoisotopic (exact) mass is 323 g/mol. The van der Waals surface area contributed by atoms with Gasteiger partial charge < -0.3 is 5.11 Å². The van der Waals surface area contributed by atoms with E-state index in [1.807, 2.05) is 0 Å². The maximum absolute atomic E-state index is 12.4. The van der Waals surface area contributed by atoms with E-state index in [4.69, 9.17) is 14.8 Å². The van der Waals surface area contributed by atoms with Crippen LogP contribution in [-0.2, 0) is 9.68 Å². The molecule has 0 radical (unpaired) electrons. The van der Waals surface area contributed by atoms with Gasteiger partial charge in [0.25, 0.3) is 17.5 Å². The zero-order valence-corrected chi connectivity index (χ0v) is 11.9. The Hall–Kier alpha value is -2.40. The zero-order chi connectivity index (χ0) is 16.6. The van der Waals surface area contributed by atoms with E-state index in [1.54, 1.807) is 0 Å². The molecular weight excluding hydrogens is 310 g/mol. The van der Waals surface area contributed by atoms with Crippen LogP contribution in [0, 0.1) is 10.1 Å². The minimum atomic E-state index is -0.887. The van der Waals surface area contributed by atoms with Crippen molar-refractivity contribution >= 4 is 17.5 Å². The molecule has 0 aromatic heterocycles. The van der Waals surface area contributed by atoms with E-state index in [9.17, 15) is 19.7 Å². The molecule has 1 aromatic rings. The third kappa shape index (κ3) is 2.68. The number of hydroxylamine groups is 2. The van der Waals surface area contributed by atoms with Crippen LogP contribution < -0.4 is 0 Å². The lowest BCUT2D eigenvalue weighted by atomic mass is 10.1. The number of nitrogens with zero attached hydrogens (tertiary/aromatic N) is 3. The molecule has 2 aliphatic heterocycles. The van der Waals surface area contributed by atoms with Crippen molar-refractivity contribution in [3.63, 3.8) is 0 Å². The molecule has 2 heterocycles. The Morgan fingerprint density at radius 1 is 1.30 bits per heavy atom. The van der Waals surface area contributed by atoms with Gasteiger partial charge >= 0.3 is 0 Å². The second-order valence-electron chi connectivity index (χ2n) is 4.93.